The van der Waals surface area contributed by atoms with E-state index < -0.39 is 30.1 Å². The molecule has 0 heterocycles. The highest BCUT2D eigenvalue weighted by molar-refractivity contribution is 5.92. The number of hydrogen-bond donors (Lipinski definition) is 0. The Morgan fingerprint density at radius 3 is 1.70 bits per heavy atom. The molecule has 0 aliphatic rings. The third-order valence-electron chi connectivity index (χ3n) is 7.96. The molecule has 5 nitrogen and oxygen atoms in total. The van der Waals surface area contributed by atoms with E-state index in [0.717, 1.165) is 42.6 Å². The molecular formula is C38H47F3O5. The van der Waals surface area contributed by atoms with Crippen LogP contribution in [-0.4, -0.2) is 30.8 Å². The SMILES string of the molecule is CCCCCCCCOc1ccc(-c2ccc(C(=O)Oc3ccc(C(=O)O[C@@H]([C@H](C)CCCCCC)C(F)(F)F)cc3)cc2)cc1. The first-order valence-corrected chi connectivity index (χ1v) is 16.6. The molecule has 0 saturated heterocycles. The van der Waals surface area contributed by atoms with Crippen LogP contribution in [0.15, 0.2) is 72.8 Å². The molecule has 8 heteroatoms. The van der Waals surface area contributed by atoms with E-state index in [1.54, 1.807) is 12.1 Å². The molecule has 0 bridgehead atoms. The summed E-state index contributed by atoms with van der Waals surface area (Å²) in [6.07, 6.45) is 4.14. The summed E-state index contributed by atoms with van der Waals surface area (Å²) in [7, 11) is 0. The van der Waals surface area contributed by atoms with Crippen LogP contribution in [0.25, 0.3) is 11.1 Å². The van der Waals surface area contributed by atoms with E-state index in [9.17, 15) is 22.8 Å². The first-order valence-electron chi connectivity index (χ1n) is 16.6. The van der Waals surface area contributed by atoms with Gasteiger partial charge in [-0.2, -0.15) is 13.2 Å². The monoisotopic (exact) mass is 640 g/mol. The number of rotatable bonds is 19. The maximum Gasteiger partial charge on any atom is 0.425 e. The van der Waals surface area contributed by atoms with Crippen molar-refractivity contribution in [3.63, 3.8) is 0 Å². The summed E-state index contributed by atoms with van der Waals surface area (Å²) in [5.41, 5.74) is 2.17. The fourth-order valence-corrected chi connectivity index (χ4v) is 5.17. The second-order valence-corrected chi connectivity index (χ2v) is 11.8. The van der Waals surface area contributed by atoms with Gasteiger partial charge >= 0.3 is 18.1 Å². The van der Waals surface area contributed by atoms with Gasteiger partial charge in [0.05, 0.1) is 17.7 Å². The number of ether oxygens (including phenoxy) is 3. The van der Waals surface area contributed by atoms with Crippen LogP contribution >= 0.6 is 0 Å². The largest absolute Gasteiger partial charge is 0.494 e. The standard InChI is InChI=1S/C38H47F3O5/c1-4-6-8-10-11-13-27-44-33-23-19-30(20-24-33)29-15-17-31(18-16-29)36(42)45-34-25-21-32(22-26-34)37(43)46-35(38(39,40)41)28(3)14-12-9-7-5-2/h15-26,28,35H,4-14,27H2,1-3H3/t28-,35+/m1/s1. The van der Waals surface area contributed by atoms with Crippen LogP contribution in [0, 0.1) is 5.92 Å². The predicted molar refractivity (Wildman–Crippen MR) is 175 cm³/mol. The van der Waals surface area contributed by atoms with Crippen molar-refractivity contribution in [2.45, 2.75) is 104 Å². The lowest BCUT2D eigenvalue weighted by Crippen LogP contribution is -2.39. The zero-order chi connectivity index (χ0) is 33.4. The number of hydrogen-bond acceptors (Lipinski definition) is 5. The van der Waals surface area contributed by atoms with E-state index in [4.69, 9.17) is 14.2 Å². The zero-order valence-corrected chi connectivity index (χ0v) is 27.2. The molecule has 0 fully saturated rings. The van der Waals surface area contributed by atoms with Crippen molar-refractivity contribution in [3.05, 3.63) is 83.9 Å². The van der Waals surface area contributed by atoms with Gasteiger partial charge in [-0.15, -0.1) is 0 Å². The quantitative estimate of drug-likeness (QED) is 0.0741. The van der Waals surface area contributed by atoms with Gasteiger partial charge in [-0.1, -0.05) is 103 Å². The predicted octanol–water partition coefficient (Wildman–Crippen LogP) is 11.0. The summed E-state index contributed by atoms with van der Waals surface area (Å²) >= 11 is 0. The third-order valence-corrected chi connectivity index (χ3v) is 7.96. The lowest BCUT2D eigenvalue weighted by molar-refractivity contribution is -0.218. The topological polar surface area (TPSA) is 61.8 Å². The third kappa shape index (κ3) is 12.2. The number of carbonyl (C=O) groups is 2. The van der Waals surface area contributed by atoms with Crippen LogP contribution in [-0.2, 0) is 4.74 Å². The molecule has 0 radical (unpaired) electrons. The molecule has 0 N–H and O–H groups in total. The Morgan fingerprint density at radius 2 is 1.11 bits per heavy atom. The minimum absolute atomic E-state index is 0.0598. The first-order chi connectivity index (χ1) is 22.1. The van der Waals surface area contributed by atoms with Crippen molar-refractivity contribution in [2.75, 3.05) is 6.61 Å². The number of halogens is 3. The van der Waals surface area contributed by atoms with Crippen molar-refractivity contribution in [2.24, 2.45) is 5.92 Å². The molecule has 0 aromatic heterocycles. The molecule has 0 spiro atoms. The molecule has 3 aromatic carbocycles. The lowest BCUT2D eigenvalue weighted by Gasteiger charge is -2.26. The molecule has 0 saturated carbocycles. The number of esters is 2. The number of carbonyl (C=O) groups excluding carboxylic acids is 2. The molecule has 3 rings (SSSR count). The highest BCUT2D eigenvalue weighted by atomic mass is 19.4. The van der Waals surface area contributed by atoms with Gasteiger partial charge in [-0.25, -0.2) is 9.59 Å². The number of unbranched alkanes of at least 4 members (excludes halogenated alkanes) is 8. The van der Waals surface area contributed by atoms with Gasteiger partial charge in [0, 0.05) is 5.92 Å². The van der Waals surface area contributed by atoms with Crippen LogP contribution in [0.4, 0.5) is 13.2 Å². The van der Waals surface area contributed by atoms with E-state index in [1.807, 2.05) is 43.3 Å². The molecule has 0 amide bonds. The van der Waals surface area contributed by atoms with E-state index >= 15 is 0 Å². The lowest BCUT2D eigenvalue weighted by atomic mass is 9.96. The summed E-state index contributed by atoms with van der Waals surface area (Å²) < 4.78 is 57.2. The van der Waals surface area contributed by atoms with E-state index in [1.165, 1.54) is 63.3 Å². The van der Waals surface area contributed by atoms with Gasteiger partial charge in [0.25, 0.3) is 0 Å². The van der Waals surface area contributed by atoms with Crippen molar-refractivity contribution in [1.82, 2.24) is 0 Å². The van der Waals surface area contributed by atoms with E-state index in [-0.39, 0.29) is 11.3 Å². The maximum atomic E-state index is 13.7. The van der Waals surface area contributed by atoms with Gasteiger partial charge in [-0.3, -0.25) is 0 Å². The van der Waals surface area contributed by atoms with Crippen molar-refractivity contribution < 1.29 is 37.0 Å². The summed E-state index contributed by atoms with van der Waals surface area (Å²) in [6, 6.07) is 20.1. The molecule has 3 aromatic rings. The van der Waals surface area contributed by atoms with Crippen molar-refractivity contribution in [1.29, 1.82) is 0 Å². The molecule has 0 aliphatic heterocycles. The smallest absolute Gasteiger partial charge is 0.425 e. The highest BCUT2D eigenvalue weighted by Gasteiger charge is 2.46. The van der Waals surface area contributed by atoms with Crippen molar-refractivity contribution in [3.8, 4) is 22.6 Å². The van der Waals surface area contributed by atoms with Gasteiger partial charge in [0.2, 0.25) is 0 Å². The normalized spacial score (nSPS) is 12.7. The molecule has 46 heavy (non-hydrogen) atoms. The minimum atomic E-state index is -4.67. The van der Waals surface area contributed by atoms with Crippen LogP contribution in [0.3, 0.4) is 0 Å². The van der Waals surface area contributed by atoms with Crippen LogP contribution < -0.4 is 9.47 Å². The fraction of sp³-hybridized carbons (Fsp3) is 0.474. The Balaban J connectivity index is 1.50. The zero-order valence-electron chi connectivity index (χ0n) is 27.2. The Bertz CT molecular complexity index is 1320. The molecule has 0 aliphatic carbocycles. The van der Waals surface area contributed by atoms with Crippen LogP contribution in [0.1, 0.15) is 112 Å². The first kappa shape index (κ1) is 36.7. The molecule has 0 unspecified atom stereocenters. The summed E-state index contributed by atoms with van der Waals surface area (Å²) in [6.45, 7) is 6.39. The Kier molecular flexibility index (Phi) is 15.1. The summed E-state index contributed by atoms with van der Waals surface area (Å²) in [5, 5.41) is 0. The van der Waals surface area contributed by atoms with Gasteiger partial charge in [0.1, 0.15) is 11.5 Å². The van der Waals surface area contributed by atoms with E-state index in [2.05, 4.69) is 6.92 Å². The number of alkyl halides is 3. The molecule has 2 atom stereocenters. The van der Waals surface area contributed by atoms with E-state index in [0.29, 0.717) is 25.0 Å². The molecular weight excluding hydrogens is 593 g/mol. The minimum Gasteiger partial charge on any atom is -0.494 e. The summed E-state index contributed by atoms with van der Waals surface area (Å²) in [5.74, 6) is -1.56. The average Bonchev–Trinajstić information content (AvgIpc) is 3.05. The Hall–Kier alpha value is -3.81. The average molecular weight is 641 g/mol. The second kappa shape index (κ2) is 19.0. The van der Waals surface area contributed by atoms with Crippen LogP contribution in [0.2, 0.25) is 0 Å². The Labute approximate surface area is 271 Å². The van der Waals surface area contributed by atoms with Crippen molar-refractivity contribution >= 4 is 11.9 Å². The maximum absolute atomic E-state index is 13.7. The second-order valence-electron chi connectivity index (χ2n) is 11.8. The van der Waals surface area contributed by atoms with Crippen LogP contribution in [0.5, 0.6) is 11.5 Å². The highest BCUT2D eigenvalue weighted by Crippen LogP contribution is 2.32. The molecule has 250 valence electrons. The number of benzene rings is 3. The van der Waals surface area contributed by atoms with Gasteiger partial charge in [0.15, 0.2) is 6.10 Å². The summed E-state index contributed by atoms with van der Waals surface area (Å²) in [4.78, 5) is 25.3. The Morgan fingerprint density at radius 1 is 0.630 bits per heavy atom. The van der Waals surface area contributed by atoms with Gasteiger partial charge in [-0.05, 0) is 72.5 Å². The fourth-order valence-electron chi connectivity index (χ4n) is 5.17. The van der Waals surface area contributed by atoms with Gasteiger partial charge < -0.3 is 14.2 Å².